The third kappa shape index (κ3) is 3.67. The van der Waals surface area contributed by atoms with E-state index >= 15 is 0 Å². The molecule has 0 fully saturated rings. The van der Waals surface area contributed by atoms with Gasteiger partial charge in [0.25, 0.3) is 10.1 Å². The molecule has 0 heterocycles. The molecule has 0 aliphatic carbocycles. The van der Waals surface area contributed by atoms with Crippen LogP contribution in [-0.4, -0.2) is 16.7 Å². The highest BCUT2D eigenvalue weighted by molar-refractivity contribution is 7.87. The predicted octanol–water partition coefficient (Wildman–Crippen LogP) is 4.01. The van der Waals surface area contributed by atoms with Crippen LogP contribution < -0.4 is 0 Å². The van der Waals surface area contributed by atoms with Gasteiger partial charge in [-0.05, 0) is 43.6 Å². The number of hydrogen-bond acceptors (Lipinski definition) is 3. The molecule has 0 bridgehead atoms. The van der Waals surface area contributed by atoms with Gasteiger partial charge in [0, 0.05) is 0 Å². The highest BCUT2D eigenvalue weighted by Gasteiger charge is 2.35. The van der Waals surface area contributed by atoms with E-state index in [1.54, 1.807) is 6.07 Å². The Bertz CT molecular complexity index is 525. The second-order valence-electron chi connectivity index (χ2n) is 5.05. The molecule has 0 saturated carbocycles. The first-order valence-corrected chi connectivity index (χ1v) is 10.8. The van der Waals surface area contributed by atoms with E-state index in [-0.39, 0.29) is 0 Å². The van der Waals surface area contributed by atoms with Crippen LogP contribution in [0.1, 0.15) is 31.9 Å². The summed E-state index contributed by atoms with van der Waals surface area (Å²) in [7, 11) is -5.80. The Hall–Kier alpha value is -0.653. The maximum atomic E-state index is 12.5. The lowest BCUT2D eigenvalue weighted by Crippen LogP contribution is -2.38. The zero-order chi connectivity index (χ0) is 14.7. The van der Waals surface area contributed by atoms with Crippen molar-refractivity contribution in [3.8, 4) is 0 Å². The second-order valence-corrected chi connectivity index (χ2v) is 11.6. The van der Waals surface area contributed by atoms with Gasteiger partial charge in [0.05, 0.1) is 4.90 Å². The number of aryl methyl sites for hydroxylation is 2. The van der Waals surface area contributed by atoms with Crippen LogP contribution in [0.4, 0.5) is 0 Å². The van der Waals surface area contributed by atoms with Gasteiger partial charge in [-0.1, -0.05) is 38.5 Å². The molecule has 0 unspecified atom stereocenters. The van der Waals surface area contributed by atoms with Crippen molar-refractivity contribution in [3.63, 3.8) is 0 Å². The Morgan fingerprint density at radius 3 is 2.00 bits per heavy atom. The first-order chi connectivity index (χ1) is 8.80. The molecule has 3 nitrogen and oxygen atoms in total. The summed E-state index contributed by atoms with van der Waals surface area (Å²) in [6.07, 6.45) is 0. The molecule has 1 aromatic rings. The summed E-state index contributed by atoms with van der Waals surface area (Å²) in [5.74, 6) is 0. The molecule has 0 amide bonds. The molecule has 0 saturated heterocycles. The van der Waals surface area contributed by atoms with Crippen LogP contribution in [0.25, 0.3) is 0 Å². The lowest BCUT2D eigenvalue weighted by molar-refractivity contribution is 0.474. The van der Waals surface area contributed by atoms with Crippen LogP contribution in [0.15, 0.2) is 23.1 Å². The molecular weight excluding hydrogens is 276 g/mol. The summed E-state index contributed by atoms with van der Waals surface area (Å²) in [6, 6.07) is 7.82. The molecule has 0 N–H and O–H groups in total. The molecule has 0 aliphatic rings. The summed E-state index contributed by atoms with van der Waals surface area (Å²) in [5, 5.41) is 0. The average molecular weight is 300 g/mol. The Kier molecular flexibility index (Phi) is 5.35. The Labute approximate surface area is 118 Å². The Morgan fingerprint density at radius 1 is 1.05 bits per heavy atom. The van der Waals surface area contributed by atoms with Crippen molar-refractivity contribution in [3.05, 3.63) is 29.3 Å². The van der Waals surface area contributed by atoms with E-state index in [9.17, 15) is 8.42 Å². The van der Waals surface area contributed by atoms with Gasteiger partial charge in [0.1, 0.15) is 0 Å². The van der Waals surface area contributed by atoms with E-state index in [0.29, 0.717) is 4.90 Å². The Morgan fingerprint density at radius 2 is 1.58 bits per heavy atom. The molecule has 0 spiro atoms. The van der Waals surface area contributed by atoms with E-state index in [2.05, 4.69) is 0 Å². The van der Waals surface area contributed by atoms with E-state index < -0.39 is 18.4 Å². The summed E-state index contributed by atoms with van der Waals surface area (Å²) < 4.78 is 30.6. The van der Waals surface area contributed by atoms with E-state index in [0.717, 1.165) is 29.3 Å². The molecule has 5 heteroatoms. The Balaban J connectivity index is 3.17. The van der Waals surface area contributed by atoms with Gasteiger partial charge in [-0.15, -0.1) is 0 Å². The first-order valence-electron chi connectivity index (χ1n) is 6.83. The zero-order valence-corrected chi connectivity index (χ0v) is 14.3. The van der Waals surface area contributed by atoms with Crippen molar-refractivity contribution in [1.29, 1.82) is 0 Å². The number of hydrogen-bond donors (Lipinski definition) is 0. The van der Waals surface area contributed by atoms with Gasteiger partial charge >= 0.3 is 0 Å². The fourth-order valence-corrected chi connectivity index (χ4v) is 8.11. The molecule has 108 valence electrons. The molecule has 0 aliphatic heterocycles. The molecular formula is C14H24O3SSi. The van der Waals surface area contributed by atoms with Crippen LogP contribution in [0.3, 0.4) is 0 Å². The largest absolute Gasteiger partial charge is 0.311 e. The van der Waals surface area contributed by atoms with Crippen molar-refractivity contribution in [2.75, 3.05) is 0 Å². The van der Waals surface area contributed by atoms with Crippen LogP contribution in [0.2, 0.25) is 18.1 Å². The van der Waals surface area contributed by atoms with Crippen molar-refractivity contribution < 1.29 is 12.3 Å². The average Bonchev–Trinajstić information content (AvgIpc) is 2.35. The molecule has 1 aromatic carbocycles. The maximum absolute atomic E-state index is 12.5. The predicted molar refractivity (Wildman–Crippen MR) is 81.4 cm³/mol. The van der Waals surface area contributed by atoms with Crippen LogP contribution in [0.5, 0.6) is 0 Å². The second kappa shape index (κ2) is 6.20. The van der Waals surface area contributed by atoms with Gasteiger partial charge in [0.15, 0.2) is 0 Å². The zero-order valence-electron chi connectivity index (χ0n) is 12.5. The first kappa shape index (κ1) is 16.4. The lowest BCUT2D eigenvalue weighted by atomic mass is 10.2. The fourth-order valence-electron chi connectivity index (χ4n) is 2.28. The van der Waals surface area contributed by atoms with Crippen molar-refractivity contribution in [1.82, 2.24) is 0 Å². The van der Waals surface area contributed by atoms with Crippen molar-refractivity contribution >= 4 is 18.4 Å². The monoisotopic (exact) mass is 300 g/mol. The fraction of sp³-hybridized carbons (Fsp3) is 0.571. The van der Waals surface area contributed by atoms with Crippen molar-refractivity contribution in [2.45, 2.75) is 57.6 Å². The van der Waals surface area contributed by atoms with Gasteiger partial charge in [0.2, 0.25) is 8.32 Å². The maximum Gasteiger partial charge on any atom is 0.287 e. The number of benzene rings is 1. The standard InChI is InChI=1S/C14H24O3SSi/c1-6-19(7-2,8-3)17-18(15,16)14-10-9-12(4)11-13(14)5/h9-11H,6-8H2,1-5H3. The highest BCUT2D eigenvalue weighted by Crippen LogP contribution is 2.28. The number of rotatable bonds is 6. The lowest BCUT2D eigenvalue weighted by Gasteiger charge is -2.27. The van der Waals surface area contributed by atoms with Gasteiger partial charge < -0.3 is 3.87 Å². The van der Waals surface area contributed by atoms with Crippen molar-refractivity contribution in [2.24, 2.45) is 0 Å². The third-order valence-corrected chi connectivity index (χ3v) is 11.0. The molecule has 19 heavy (non-hydrogen) atoms. The smallest absolute Gasteiger partial charge is 0.287 e. The van der Waals surface area contributed by atoms with Crippen LogP contribution >= 0.6 is 0 Å². The summed E-state index contributed by atoms with van der Waals surface area (Å²) in [4.78, 5) is 0.310. The minimum atomic E-state index is -3.64. The van der Waals surface area contributed by atoms with Gasteiger partial charge in [-0.25, -0.2) is 0 Å². The van der Waals surface area contributed by atoms with Crippen LogP contribution in [-0.2, 0) is 14.0 Å². The van der Waals surface area contributed by atoms with E-state index in [1.165, 1.54) is 0 Å². The highest BCUT2D eigenvalue weighted by atomic mass is 32.2. The molecule has 1 rings (SSSR count). The third-order valence-electron chi connectivity index (χ3n) is 3.82. The normalized spacial score (nSPS) is 12.7. The van der Waals surface area contributed by atoms with E-state index in [1.807, 2.05) is 46.8 Å². The molecule has 0 atom stereocenters. The van der Waals surface area contributed by atoms with E-state index in [4.69, 9.17) is 3.87 Å². The minimum absolute atomic E-state index is 0.310. The topological polar surface area (TPSA) is 43.4 Å². The summed E-state index contributed by atoms with van der Waals surface area (Å²) in [5.41, 5.74) is 1.81. The molecule has 0 aromatic heterocycles. The quantitative estimate of drug-likeness (QED) is 0.745. The van der Waals surface area contributed by atoms with Gasteiger partial charge in [-0.2, -0.15) is 8.42 Å². The van der Waals surface area contributed by atoms with Gasteiger partial charge in [-0.3, -0.25) is 0 Å². The van der Waals surface area contributed by atoms with Crippen LogP contribution in [0, 0.1) is 13.8 Å². The minimum Gasteiger partial charge on any atom is -0.311 e. The molecule has 0 radical (unpaired) electrons. The SMILES string of the molecule is CC[Si](CC)(CC)OS(=O)(=O)c1ccc(C)cc1C. The summed E-state index contributed by atoms with van der Waals surface area (Å²) >= 11 is 0. The summed E-state index contributed by atoms with van der Waals surface area (Å²) in [6.45, 7) is 9.84.